The number of rotatable bonds is 3. The number of aromatic nitrogens is 2. The Morgan fingerprint density at radius 1 is 1.30 bits per heavy atom. The third-order valence-electron chi connectivity index (χ3n) is 5.46. The van der Waals surface area contributed by atoms with Crippen molar-refractivity contribution in [2.45, 2.75) is 45.1 Å². The predicted molar refractivity (Wildman–Crippen MR) is 92.6 cm³/mol. The molecule has 2 aliphatic rings. The summed E-state index contributed by atoms with van der Waals surface area (Å²) in [6, 6.07) is 4.29. The van der Waals surface area contributed by atoms with Crippen LogP contribution in [0.3, 0.4) is 0 Å². The Bertz CT molecular complexity index is 660. The first-order valence-electron chi connectivity index (χ1n) is 9.07. The van der Waals surface area contributed by atoms with E-state index in [0.29, 0.717) is 5.92 Å². The maximum absolute atomic E-state index is 5.56. The van der Waals surface area contributed by atoms with Crippen molar-refractivity contribution in [3.8, 4) is 0 Å². The minimum absolute atomic E-state index is 0.593. The molecule has 4 rings (SSSR count). The lowest BCUT2D eigenvalue weighted by Gasteiger charge is -2.31. The van der Waals surface area contributed by atoms with E-state index in [1.807, 2.05) is 6.20 Å². The van der Waals surface area contributed by atoms with E-state index in [4.69, 9.17) is 4.74 Å². The van der Waals surface area contributed by atoms with E-state index in [1.54, 1.807) is 0 Å². The molecule has 2 aromatic rings. The number of hydrogen-bond acceptors (Lipinski definition) is 3. The number of fused-ring (bicyclic) bond motifs is 1. The van der Waals surface area contributed by atoms with Crippen LogP contribution in [0.15, 0.2) is 18.3 Å². The zero-order valence-corrected chi connectivity index (χ0v) is 14.1. The monoisotopic (exact) mass is 313 g/mol. The van der Waals surface area contributed by atoms with Crippen molar-refractivity contribution >= 4 is 11.0 Å². The number of ether oxygens (including phenoxy) is 1. The van der Waals surface area contributed by atoms with Crippen LogP contribution in [0.25, 0.3) is 11.0 Å². The summed E-state index contributed by atoms with van der Waals surface area (Å²) < 4.78 is 5.56. The van der Waals surface area contributed by atoms with Gasteiger partial charge in [0.2, 0.25) is 0 Å². The molecule has 0 aromatic carbocycles. The molecule has 2 aliphatic heterocycles. The molecule has 0 radical (unpaired) electrons. The second-order valence-corrected chi connectivity index (χ2v) is 7.29. The fraction of sp³-hybridized carbons (Fsp3) is 0.632. The first-order valence-corrected chi connectivity index (χ1v) is 9.07. The number of hydrogen-bond donors (Lipinski definition) is 1. The summed E-state index contributed by atoms with van der Waals surface area (Å²) >= 11 is 0. The van der Waals surface area contributed by atoms with E-state index < -0.39 is 0 Å². The predicted octanol–water partition coefficient (Wildman–Crippen LogP) is 3.69. The van der Waals surface area contributed by atoms with Crippen LogP contribution in [0.4, 0.5) is 0 Å². The lowest BCUT2D eigenvalue weighted by Crippen LogP contribution is -2.34. The van der Waals surface area contributed by atoms with Crippen LogP contribution < -0.4 is 0 Å². The van der Waals surface area contributed by atoms with Crippen LogP contribution in [-0.2, 0) is 11.3 Å². The van der Waals surface area contributed by atoms with Gasteiger partial charge in [-0.3, -0.25) is 4.90 Å². The normalized spacial score (nSPS) is 24.3. The highest BCUT2D eigenvalue weighted by Crippen LogP contribution is 2.34. The largest absolute Gasteiger partial charge is 0.381 e. The molecule has 4 heteroatoms. The van der Waals surface area contributed by atoms with E-state index in [1.165, 1.54) is 42.6 Å². The molecule has 0 saturated carbocycles. The van der Waals surface area contributed by atoms with E-state index in [0.717, 1.165) is 44.2 Å². The number of pyridine rings is 1. The van der Waals surface area contributed by atoms with Gasteiger partial charge in [0, 0.05) is 49.5 Å². The number of nitrogens with one attached hydrogen (secondary N) is 1. The van der Waals surface area contributed by atoms with Crippen molar-refractivity contribution in [3.05, 3.63) is 29.6 Å². The SMILES string of the molecule is C[C@@H]1CCCN(Cc2c(C3CCOCC3)[nH]c3ncccc23)C1. The minimum atomic E-state index is 0.593. The second kappa shape index (κ2) is 6.62. The van der Waals surface area contributed by atoms with Gasteiger partial charge in [-0.1, -0.05) is 6.92 Å². The third-order valence-corrected chi connectivity index (χ3v) is 5.46. The van der Waals surface area contributed by atoms with Gasteiger partial charge >= 0.3 is 0 Å². The summed E-state index contributed by atoms with van der Waals surface area (Å²) in [6.45, 7) is 7.65. The molecule has 4 heterocycles. The Kier molecular flexibility index (Phi) is 4.36. The molecule has 23 heavy (non-hydrogen) atoms. The van der Waals surface area contributed by atoms with Gasteiger partial charge in [0.15, 0.2) is 0 Å². The molecule has 0 amide bonds. The molecule has 124 valence electrons. The van der Waals surface area contributed by atoms with Crippen LogP contribution in [0.5, 0.6) is 0 Å². The molecule has 0 bridgehead atoms. The Hall–Kier alpha value is -1.39. The van der Waals surface area contributed by atoms with Crippen molar-refractivity contribution in [1.82, 2.24) is 14.9 Å². The molecule has 4 nitrogen and oxygen atoms in total. The summed E-state index contributed by atoms with van der Waals surface area (Å²) in [6.07, 6.45) is 6.83. The Morgan fingerprint density at radius 2 is 2.17 bits per heavy atom. The molecule has 1 atom stereocenters. The smallest absolute Gasteiger partial charge is 0.137 e. The van der Waals surface area contributed by atoms with Gasteiger partial charge in [0.05, 0.1) is 0 Å². The van der Waals surface area contributed by atoms with Gasteiger partial charge in [0.1, 0.15) is 5.65 Å². The van der Waals surface area contributed by atoms with Crippen LogP contribution in [0, 0.1) is 5.92 Å². The van der Waals surface area contributed by atoms with Gasteiger partial charge in [-0.25, -0.2) is 4.98 Å². The maximum atomic E-state index is 5.56. The minimum Gasteiger partial charge on any atom is -0.381 e. The fourth-order valence-corrected chi connectivity index (χ4v) is 4.26. The van der Waals surface area contributed by atoms with E-state index in [9.17, 15) is 0 Å². The average molecular weight is 313 g/mol. The molecule has 0 aliphatic carbocycles. The standard InChI is InChI=1S/C19H27N3O/c1-14-4-3-9-22(12-14)13-17-16-5-2-8-20-19(16)21-18(17)15-6-10-23-11-7-15/h2,5,8,14-15H,3-4,6-7,9-13H2,1H3,(H,20,21)/t14-/m1/s1. The maximum Gasteiger partial charge on any atom is 0.137 e. The van der Waals surface area contributed by atoms with Crippen molar-refractivity contribution in [2.75, 3.05) is 26.3 Å². The Morgan fingerprint density at radius 3 is 3.00 bits per heavy atom. The second-order valence-electron chi connectivity index (χ2n) is 7.29. The lowest BCUT2D eigenvalue weighted by molar-refractivity contribution is 0.0841. The van der Waals surface area contributed by atoms with Crippen LogP contribution in [0.2, 0.25) is 0 Å². The van der Waals surface area contributed by atoms with Gasteiger partial charge < -0.3 is 9.72 Å². The molecule has 2 aromatic heterocycles. The van der Waals surface area contributed by atoms with Gasteiger partial charge in [0.25, 0.3) is 0 Å². The quantitative estimate of drug-likeness (QED) is 0.939. The number of nitrogens with zero attached hydrogens (tertiary/aromatic N) is 2. The topological polar surface area (TPSA) is 41.1 Å². The number of H-pyrrole nitrogens is 1. The van der Waals surface area contributed by atoms with Gasteiger partial charge in [-0.15, -0.1) is 0 Å². The first kappa shape index (κ1) is 15.2. The van der Waals surface area contributed by atoms with Crippen molar-refractivity contribution in [3.63, 3.8) is 0 Å². The molecular formula is C19H27N3O. The molecular weight excluding hydrogens is 286 g/mol. The van der Waals surface area contributed by atoms with Crippen molar-refractivity contribution in [1.29, 1.82) is 0 Å². The molecule has 1 N–H and O–H groups in total. The van der Waals surface area contributed by atoms with Crippen LogP contribution >= 0.6 is 0 Å². The molecule has 0 unspecified atom stereocenters. The first-order chi connectivity index (χ1) is 11.3. The third kappa shape index (κ3) is 3.15. The van der Waals surface area contributed by atoms with Crippen LogP contribution in [-0.4, -0.2) is 41.2 Å². The summed E-state index contributed by atoms with van der Waals surface area (Å²) in [5.41, 5.74) is 3.95. The summed E-state index contributed by atoms with van der Waals surface area (Å²) in [4.78, 5) is 10.8. The van der Waals surface area contributed by atoms with Crippen LogP contribution in [0.1, 0.15) is 49.8 Å². The highest BCUT2D eigenvalue weighted by Gasteiger charge is 2.25. The molecule has 0 spiro atoms. The zero-order valence-electron chi connectivity index (χ0n) is 14.1. The van der Waals surface area contributed by atoms with Gasteiger partial charge in [-0.05, 0) is 55.8 Å². The summed E-state index contributed by atoms with van der Waals surface area (Å²) in [7, 11) is 0. The lowest BCUT2D eigenvalue weighted by atomic mass is 9.92. The van der Waals surface area contributed by atoms with Crippen molar-refractivity contribution < 1.29 is 4.74 Å². The number of aromatic amines is 1. The summed E-state index contributed by atoms with van der Waals surface area (Å²) in [5, 5.41) is 1.31. The highest BCUT2D eigenvalue weighted by molar-refractivity contribution is 5.81. The Balaban J connectivity index is 1.67. The zero-order chi connectivity index (χ0) is 15.6. The van der Waals surface area contributed by atoms with Crippen molar-refractivity contribution in [2.24, 2.45) is 5.92 Å². The Labute approximate surface area is 138 Å². The van der Waals surface area contributed by atoms with E-state index in [-0.39, 0.29) is 0 Å². The van der Waals surface area contributed by atoms with E-state index in [2.05, 4.69) is 33.9 Å². The average Bonchev–Trinajstić information content (AvgIpc) is 2.95. The van der Waals surface area contributed by atoms with E-state index >= 15 is 0 Å². The summed E-state index contributed by atoms with van der Waals surface area (Å²) in [5.74, 6) is 1.41. The number of likely N-dealkylation sites (tertiary alicyclic amines) is 1. The van der Waals surface area contributed by atoms with Gasteiger partial charge in [-0.2, -0.15) is 0 Å². The fourth-order valence-electron chi connectivity index (χ4n) is 4.26. The molecule has 2 fully saturated rings. The highest BCUT2D eigenvalue weighted by atomic mass is 16.5. The molecule has 2 saturated heterocycles. The number of piperidine rings is 1.